The number of aryl methyl sites for hydroxylation is 2. The van der Waals surface area contributed by atoms with Crippen molar-refractivity contribution in [2.75, 3.05) is 4.90 Å². The maximum absolute atomic E-state index is 15.1. The summed E-state index contributed by atoms with van der Waals surface area (Å²) in [5.74, 6) is 0.817. The van der Waals surface area contributed by atoms with E-state index in [1.54, 1.807) is 23.1 Å². The summed E-state index contributed by atoms with van der Waals surface area (Å²) in [6.45, 7) is 8.21. The molecule has 3 aromatic rings. The van der Waals surface area contributed by atoms with Crippen LogP contribution < -0.4 is 10.6 Å². The fourth-order valence-electron chi connectivity index (χ4n) is 5.96. The van der Waals surface area contributed by atoms with Crippen molar-refractivity contribution in [3.8, 4) is 6.07 Å². The van der Waals surface area contributed by atoms with E-state index in [1.807, 2.05) is 50.7 Å². The van der Waals surface area contributed by atoms with E-state index in [4.69, 9.17) is 5.73 Å². The molecule has 1 aliphatic carbocycles. The first kappa shape index (κ1) is 27.7. The van der Waals surface area contributed by atoms with E-state index in [0.29, 0.717) is 24.1 Å². The molecule has 0 spiro atoms. The lowest BCUT2D eigenvalue weighted by molar-refractivity contribution is -0.118. The number of halogens is 1. The van der Waals surface area contributed by atoms with Crippen molar-refractivity contribution >= 4 is 23.2 Å². The highest BCUT2D eigenvalue weighted by molar-refractivity contribution is 7.97. The highest BCUT2D eigenvalue weighted by atomic mass is 32.2. The molecular formula is C34H34FN3OS. The van der Waals surface area contributed by atoms with Crippen LogP contribution in [0.3, 0.4) is 0 Å². The van der Waals surface area contributed by atoms with Gasteiger partial charge in [0.2, 0.25) is 0 Å². The molecule has 4 nitrogen and oxygen atoms in total. The number of hydrogen-bond donors (Lipinski definition) is 1. The predicted octanol–water partition coefficient (Wildman–Crippen LogP) is 7.82. The average molecular weight is 552 g/mol. The first-order chi connectivity index (χ1) is 19.1. The zero-order chi connectivity index (χ0) is 28.6. The molecule has 204 valence electrons. The number of carbonyl (C=O) groups excluding carboxylic acids is 1. The number of benzene rings is 3. The second-order valence-electron chi connectivity index (χ2n) is 11.5. The minimum absolute atomic E-state index is 0.0159. The summed E-state index contributed by atoms with van der Waals surface area (Å²) in [5.41, 5.74) is 13.7. The molecule has 0 amide bonds. The fraction of sp³-hybridized carbons (Fsp3) is 0.294. The van der Waals surface area contributed by atoms with Crippen LogP contribution in [0, 0.1) is 36.4 Å². The molecule has 3 aromatic carbocycles. The van der Waals surface area contributed by atoms with E-state index in [-0.39, 0.29) is 28.3 Å². The number of nitriles is 1. The second kappa shape index (κ2) is 11.0. The van der Waals surface area contributed by atoms with Gasteiger partial charge in [0, 0.05) is 29.2 Å². The predicted molar refractivity (Wildman–Crippen MR) is 161 cm³/mol. The van der Waals surface area contributed by atoms with Gasteiger partial charge in [-0.3, -0.25) is 9.69 Å². The first-order valence-corrected chi connectivity index (χ1v) is 14.7. The molecule has 1 aliphatic heterocycles. The molecule has 0 radical (unpaired) electrons. The third kappa shape index (κ3) is 5.19. The van der Waals surface area contributed by atoms with E-state index in [2.05, 4.69) is 37.3 Å². The zero-order valence-electron chi connectivity index (χ0n) is 23.4. The van der Waals surface area contributed by atoms with Crippen molar-refractivity contribution in [3.05, 3.63) is 123 Å². The van der Waals surface area contributed by atoms with Crippen molar-refractivity contribution in [2.45, 2.75) is 58.0 Å². The summed E-state index contributed by atoms with van der Waals surface area (Å²) in [5, 5.41) is 10.4. The van der Waals surface area contributed by atoms with Crippen LogP contribution in [0.5, 0.6) is 0 Å². The number of nitrogens with zero attached hydrogens (tertiary/aromatic N) is 2. The van der Waals surface area contributed by atoms with Gasteiger partial charge in [0.1, 0.15) is 11.6 Å². The molecule has 1 heterocycles. The Morgan fingerprint density at radius 1 is 1.02 bits per heavy atom. The van der Waals surface area contributed by atoms with E-state index in [9.17, 15) is 10.1 Å². The fourth-order valence-corrected chi connectivity index (χ4v) is 7.02. The molecule has 0 saturated heterocycles. The van der Waals surface area contributed by atoms with E-state index >= 15 is 4.39 Å². The Kier molecular flexibility index (Phi) is 7.61. The van der Waals surface area contributed by atoms with Crippen LogP contribution in [0.1, 0.15) is 60.4 Å². The summed E-state index contributed by atoms with van der Waals surface area (Å²) in [6, 6.07) is 23.4. The highest BCUT2D eigenvalue weighted by Crippen LogP contribution is 2.51. The highest BCUT2D eigenvalue weighted by Gasteiger charge is 2.45. The third-order valence-electron chi connectivity index (χ3n) is 7.88. The molecule has 0 fully saturated rings. The molecule has 0 bridgehead atoms. The Hall–Kier alpha value is -3.82. The maximum atomic E-state index is 15.1. The Balaban J connectivity index is 1.63. The van der Waals surface area contributed by atoms with Crippen LogP contribution in [0.4, 0.5) is 10.1 Å². The van der Waals surface area contributed by atoms with E-state index in [1.165, 1.54) is 22.8 Å². The molecule has 0 saturated carbocycles. The molecule has 0 aromatic heterocycles. The third-order valence-corrected chi connectivity index (χ3v) is 8.93. The Labute approximate surface area is 240 Å². The van der Waals surface area contributed by atoms with Gasteiger partial charge in [-0.1, -0.05) is 68.4 Å². The lowest BCUT2D eigenvalue weighted by Crippen LogP contribution is -2.42. The number of allylic oxidation sites excluding steroid dienone is 3. The number of Topliss-reactive ketones (excluding diaryl/α,β-unsaturated/α-hetero) is 1. The number of anilines is 1. The van der Waals surface area contributed by atoms with Gasteiger partial charge >= 0.3 is 0 Å². The van der Waals surface area contributed by atoms with Gasteiger partial charge in [0.15, 0.2) is 5.78 Å². The summed E-state index contributed by atoms with van der Waals surface area (Å²) in [4.78, 5) is 15.5. The van der Waals surface area contributed by atoms with Crippen LogP contribution in [-0.2, 0) is 16.3 Å². The minimum Gasteiger partial charge on any atom is -0.384 e. The summed E-state index contributed by atoms with van der Waals surface area (Å²) in [7, 11) is 0. The number of para-hydroxylation sites is 1. The average Bonchev–Trinajstić information content (AvgIpc) is 2.90. The maximum Gasteiger partial charge on any atom is 0.162 e. The van der Waals surface area contributed by atoms with Crippen LogP contribution >= 0.6 is 11.8 Å². The van der Waals surface area contributed by atoms with Gasteiger partial charge in [0.05, 0.1) is 23.2 Å². The molecule has 6 heteroatoms. The van der Waals surface area contributed by atoms with Gasteiger partial charge in [-0.05, 0) is 65.6 Å². The van der Waals surface area contributed by atoms with E-state index < -0.39 is 11.7 Å². The monoisotopic (exact) mass is 551 g/mol. The minimum atomic E-state index is -0.593. The smallest absolute Gasteiger partial charge is 0.162 e. The zero-order valence-corrected chi connectivity index (χ0v) is 24.2. The van der Waals surface area contributed by atoms with E-state index in [0.717, 1.165) is 22.6 Å². The van der Waals surface area contributed by atoms with Crippen molar-refractivity contribution in [3.63, 3.8) is 0 Å². The lowest BCUT2D eigenvalue weighted by Gasteiger charge is -2.44. The lowest BCUT2D eigenvalue weighted by atomic mass is 9.68. The molecule has 1 unspecified atom stereocenters. The van der Waals surface area contributed by atoms with Crippen LogP contribution in [-0.4, -0.2) is 5.78 Å². The quantitative estimate of drug-likeness (QED) is 0.338. The first-order valence-electron chi connectivity index (χ1n) is 13.5. The standard InChI is InChI=1S/C34H34FN3OS/c1-21-14-22(2)25(15-24(21)20-40-19-23-10-6-5-7-11-23)31-26(18-36)33(37)38(28-13-9-8-12-27(28)35)29-16-34(3,4)17-30(39)32(29)31/h5-15,31H,16-17,19-20,37H2,1-4H3. The second-order valence-corrected chi connectivity index (χ2v) is 12.5. The van der Waals surface area contributed by atoms with Gasteiger partial charge in [0.25, 0.3) is 0 Å². The van der Waals surface area contributed by atoms with Crippen LogP contribution in [0.2, 0.25) is 0 Å². The van der Waals surface area contributed by atoms with Gasteiger partial charge in [-0.2, -0.15) is 17.0 Å². The molecular weight excluding hydrogens is 517 g/mol. The van der Waals surface area contributed by atoms with Crippen molar-refractivity contribution < 1.29 is 9.18 Å². The Bertz CT molecular complexity index is 1580. The molecule has 2 aliphatic rings. The summed E-state index contributed by atoms with van der Waals surface area (Å²) in [6.07, 6.45) is 0.903. The SMILES string of the molecule is Cc1cc(C)c(C2C(C#N)=C(N)N(c3ccccc3F)C3=C2C(=O)CC(C)(C)C3)cc1CSCc1ccccc1. The molecule has 40 heavy (non-hydrogen) atoms. The van der Waals surface area contributed by atoms with Crippen molar-refractivity contribution in [2.24, 2.45) is 11.1 Å². The summed E-state index contributed by atoms with van der Waals surface area (Å²) >= 11 is 1.83. The van der Waals surface area contributed by atoms with Gasteiger partial charge < -0.3 is 5.73 Å². The molecule has 2 N–H and O–H groups in total. The van der Waals surface area contributed by atoms with Crippen molar-refractivity contribution in [1.29, 1.82) is 5.26 Å². The molecule has 1 atom stereocenters. The number of hydrogen-bond acceptors (Lipinski definition) is 5. The Morgan fingerprint density at radius 2 is 1.73 bits per heavy atom. The van der Waals surface area contributed by atoms with Crippen molar-refractivity contribution in [1.82, 2.24) is 0 Å². The van der Waals surface area contributed by atoms with Crippen LogP contribution in [0.25, 0.3) is 0 Å². The van der Waals surface area contributed by atoms with Crippen LogP contribution in [0.15, 0.2) is 89.4 Å². The number of nitrogens with two attached hydrogens (primary N) is 1. The summed E-state index contributed by atoms with van der Waals surface area (Å²) < 4.78 is 15.1. The Morgan fingerprint density at radius 3 is 2.42 bits per heavy atom. The number of carbonyl (C=O) groups is 1. The normalized spacial score (nSPS) is 18.6. The topological polar surface area (TPSA) is 70.1 Å². The van der Waals surface area contributed by atoms with Gasteiger partial charge in [-0.25, -0.2) is 4.39 Å². The number of rotatable bonds is 6. The largest absolute Gasteiger partial charge is 0.384 e. The number of ketones is 1. The van der Waals surface area contributed by atoms with Gasteiger partial charge in [-0.15, -0.1) is 0 Å². The number of thioether (sulfide) groups is 1. The molecule has 5 rings (SSSR count).